The van der Waals surface area contributed by atoms with Crippen molar-refractivity contribution in [2.75, 3.05) is 18.0 Å². The van der Waals surface area contributed by atoms with Crippen LogP contribution in [0.25, 0.3) is 0 Å². The SMILES string of the molecule is NC1CCN(c2ccncc2F)C1. The molecule has 1 saturated heterocycles. The second-order valence-electron chi connectivity index (χ2n) is 3.32. The molecule has 3 nitrogen and oxygen atoms in total. The van der Waals surface area contributed by atoms with Gasteiger partial charge in [0.2, 0.25) is 0 Å². The second kappa shape index (κ2) is 3.30. The molecule has 1 aliphatic rings. The lowest BCUT2D eigenvalue weighted by Crippen LogP contribution is -2.26. The summed E-state index contributed by atoms with van der Waals surface area (Å²) in [6.45, 7) is 1.57. The van der Waals surface area contributed by atoms with Gasteiger partial charge in [-0.3, -0.25) is 4.98 Å². The molecule has 0 bridgehead atoms. The Kier molecular flexibility index (Phi) is 2.14. The number of nitrogens with two attached hydrogens (primary N) is 1. The van der Waals surface area contributed by atoms with Crippen LogP contribution in [0.2, 0.25) is 0 Å². The number of aromatic nitrogens is 1. The lowest BCUT2D eigenvalue weighted by atomic mass is 10.3. The Balaban J connectivity index is 2.21. The summed E-state index contributed by atoms with van der Waals surface area (Å²) in [4.78, 5) is 5.66. The first kappa shape index (κ1) is 8.44. The zero-order valence-corrected chi connectivity index (χ0v) is 7.28. The molecule has 1 fully saturated rings. The first-order valence-electron chi connectivity index (χ1n) is 4.37. The van der Waals surface area contributed by atoms with Gasteiger partial charge in [-0.05, 0) is 12.5 Å². The van der Waals surface area contributed by atoms with Gasteiger partial charge in [-0.15, -0.1) is 0 Å². The van der Waals surface area contributed by atoms with Crippen LogP contribution in [0.1, 0.15) is 6.42 Å². The van der Waals surface area contributed by atoms with Crippen molar-refractivity contribution in [2.24, 2.45) is 5.73 Å². The molecular formula is C9H12FN3. The van der Waals surface area contributed by atoms with E-state index in [1.165, 1.54) is 6.20 Å². The van der Waals surface area contributed by atoms with Crippen LogP contribution in [0.4, 0.5) is 10.1 Å². The van der Waals surface area contributed by atoms with Gasteiger partial charge in [0, 0.05) is 25.3 Å². The van der Waals surface area contributed by atoms with Crippen molar-refractivity contribution in [1.82, 2.24) is 4.98 Å². The molecule has 0 aliphatic carbocycles. The summed E-state index contributed by atoms with van der Waals surface area (Å²) in [5.74, 6) is -0.267. The van der Waals surface area contributed by atoms with Crippen molar-refractivity contribution in [3.8, 4) is 0 Å². The second-order valence-corrected chi connectivity index (χ2v) is 3.32. The summed E-state index contributed by atoms with van der Waals surface area (Å²) in [6.07, 6.45) is 3.77. The summed E-state index contributed by atoms with van der Waals surface area (Å²) < 4.78 is 13.2. The summed E-state index contributed by atoms with van der Waals surface area (Å²) in [5, 5.41) is 0. The fraction of sp³-hybridized carbons (Fsp3) is 0.444. The number of hydrogen-bond acceptors (Lipinski definition) is 3. The molecule has 0 radical (unpaired) electrons. The van der Waals surface area contributed by atoms with Crippen molar-refractivity contribution in [3.05, 3.63) is 24.3 Å². The van der Waals surface area contributed by atoms with E-state index in [0.29, 0.717) is 5.69 Å². The monoisotopic (exact) mass is 181 g/mol. The molecule has 1 unspecified atom stereocenters. The van der Waals surface area contributed by atoms with Crippen molar-refractivity contribution in [1.29, 1.82) is 0 Å². The highest BCUT2D eigenvalue weighted by Gasteiger charge is 2.21. The molecule has 1 aromatic rings. The van der Waals surface area contributed by atoms with E-state index < -0.39 is 0 Å². The zero-order chi connectivity index (χ0) is 9.26. The summed E-state index contributed by atoms with van der Waals surface area (Å²) >= 11 is 0. The largest absolute Gasteiger partial charge is 0.367 e. The van der Waals surface area contributed by atoms with Crippen molar-refractivity contribution in [2.45, 2.75) is 12.5 Å². The first-order valence-corrected chi connectivity index (χ1v) is 4.37. The van der Waals surface area contributed by atoms with E-state index in [2.05, 4.69) is 4.98 Å². The third kappa shape index (κ3) is 1.62. The Morgan fingerprint density at radius 2 is 2.46 bits per heavy atom. The van der Waals surface area contributed by atoms with Gasteiger partial charge < -0.3 is 10.6 Å². The van der Waals surface area contributed by atoms with Gasteiger partial charge in [0.15, 0.2) is 5.82 Å². The third-order valence-electron chi connectivity index (χ3n) is 2.32. The van der Waals surface area contributed by atoms with Gasteiger partial charge in [0.05, 0.1) is 11.9 Å². The molecular weight excluding hydrogens is 169 g/mol. The number of halogens is 1. The van der Waals surface area contributed by atoms with Gasteiger partial charge >= 0.3 is 0 Å². The van der Waals surface area contributed by atoms with Gasteiger partial charge in [-0.25, -0.2) is 4.39 Å². The Hall–Kier alpha value is -1.16. The van der Waals surface area contributed by atoms with E-state index in [1.807, 2.05) is 4.90 Å². The number of pyridine rings is 1. The normalized spacial score (nSPS) is 22.3. The average Bonchev–Trinajstić information content (AvgIpc) is 2.53. The predicted octanol–water partition coefficient (Wildman–Crippen LogP) is 0.758. The van der Waals surface area contributed by atoms with Crippen LogP contribution in [0.5, 0.6) is 0 Å². The topological polar surface area (TPSA) is 42.1 Å². The highest BCUT2D eigenvalue weighted by atomic mass is 19.1. The fourth-order valence-corrected chi connectivity index (χ4v) is 1.63. The highest BCUT2D eigenvalue weighted by Crippen LogP contribution is 2.21. The molecule has 0 spiro atoms. The van der Waals surface area contributed by atoms with Gasteiger partial charge in [0.1, 0.15) is 0 Å². The molecule has 1 aromatic heterocycles. The van der Waals surface area contributed by atoms with Crippen molar-refractivity contribution < 1.29 is 4.39 Å². The van der Waals surface area contributed by atoms with E-state index >= 15 is 0 Å². The number of nitrogens with zero attached hydrogens (tertiary/aromatic N) is 2. The van der Waals surface area contributed by atoms with E-state index in [4.69, 9.17) is 5.73 Å². The van der Waals surface area contributed by atoms with Crippen LogP contribution in [0, 0.1) is 5.82 Å². The maximum atomic E-state index is 13.2. The molecule has 70 valence electrons. The van der Waals surface area contributed by atoms with Gasteiger partial charge in [-0.2, -0.15) is 0 Å². The molecule has 0 saturated carbocycles. The third-order valence-corrected chi connectivity index (χ3v) is 2.32. The quantitative estimate of drug-likeness (QED) is 0.695. The maximum Gasteiger partial charge on any atom is 0.164 e. The zero-order valence-electron chi connectivity index (χ0n) is 7.28. The van der Waals surface area contributed by atoms with E-state index in [-0.39, 0.29) is 11.9 Å². The molecule has 0 amide bonds. The first-order chi connectivity index (χ1) is 6.27. The Bertz CT molecular complexity index is 303. The molecule has 2 heterocycles. The molecule has 4 heteroatoms. The predicted molar refractivity (Wildman–Crippen MR) is 49.0 cm³/mol. The molecule has 2 rings (SSSR count). The van der Waals surface area contributed by atoms with Crippen molar-refractivity contribution >= 4 is 5.69 Å². The number of rotatable bonds is 1. The lowest BCUT2D eigenvalue weighted by Gasteiger charge is -2.17. The minimum atomic E-state index is -0.267. The van der Waals surface area contributed by atoms with Crippen molar-refractivity contribution in [3.63, 3.8) is 0 Å². The fourth-order valence-electron chi connectivity index (χ4n) is 1.63. The molecule has 1 atom stereocenters. The van der Waals surface area contributed by atoms with E-state index in [0.717, 1.165) is 19.5 Å². The Labute approximate surface area is 76.4 Å². The summed E-state index contributed by atoms with van der Waals surface area (Å²) in [5.41, 5.74) is 6.35. The van der Waals surface area contributed by atoms with Crippen LogP contribution in [0.15, 0.2) is 18.5 Å². The molecule has 0 aromatic carbocycles. The lowest BCUT2D eigenvalue weighted by molar-refractivity contribution is 0.616. The van der Waals surface area contributed by atoms with Crippen LogP contribution >= 0.6 is 0 Å². The van der Waals surface area contributed by atoms with Crippen LogP contribution in [0.3, 0.4) is 0 Å². The summed E-state index contributed by atoms with van der Waals surface area (Å²) in [7, 11) is 0. The van der Waals surface area contributed by atoms with Gasteiger partial charge in [-0.1, -0.05) is 0 Å². The highest BCUT2D eigenvalue weighted by molar-refractivity contribution is 5.47. The molecule has 13 heavy (non-hydrogen) atoms. The van der Waals surface area contributed by atoms with E-state index in [1.54, 1.807) is 12.3 Å². The minimum Gasteiger partial charge on any atom is -0.367 e. The number of hydrogen-bond donors (Lipinski definition) is 1. The van der Waals surface area contributed by atoms with Crippen LogP contribution in [-0.2, 0) is 0 Å². The minimum absolute atomic E-state index is 0.174. The van der Waals surface area contributed by atoms with E-state index in [9.17, 15) is 4.39 Å². The maximum absolute atomic E-state index is 13.2. The van der Waals surface area contributed by atoms with Gasteiger partial charge in [0.25, 0.3) is 0 Å². The number of anilines is 1. The summed E-state index contributed by atoms with van der Waals surface area (Å²) in [6, 6.07) is 1.86. The van der Waals surface area contributed by atoms with Crippen LogP contribution < -0.4 is 10.6 Å². The smallest absolute Gasteiger partial charge is 0.164 e. The molecule has 1 aliphatic heterocycles. The molecule has 2 N–H and O–H groups in total. The Morgan fingerprint density at radius 3 is 3.08 bits per heavy atom. The Morgan fingerprint density at radius 1 is 1.62 bits per heavy atom. The standard InChI is InChI=1S/C9H12FN3/c10-8-5-12-3-1-9(8)13-4-2-7(11)6-13/h1,3,5,7H,2,4,6,11H2. The average molecular weight is 181 g/mol. The van der Waals surface area contributed by atoms with Crippen LogP contribution in [-0.4, -0.2) is 24.1 Å².